The lowest BCUT2D eigenvalue weighted by Gasteiger charge is -2.06. The van der Waals surface area contributed by atoms with Crippen LogP contribution in [-0.2, 0) is 6.42 Å². The quantitative estimate of drug-likeness (QED) is 0.437. The molecule has 2 aromatic heterocycles. The van der Waals surface area contributed by atoms with Crippen molar-refractivity contribution < 1.29 is 14.2 Å². The predicted molar refractivity (Wildman–Crippen MR) is 100 cm³/mol. The summed E-state index contributed by atoms with van der Waals surface area (Å²) in [7, 11) is 0. The molecule has 0 atom stereocenters. The van der Waals surface area contributed by atoms with E-state index in [1.165, 1.54) is 4.68 Å². The Bertz CT molecular complexity index is 964. The van der Waals surface area contributed by atoms with E-state index in [-0.39, 0.29) is 23.9 Å². The molecule has 146 valence electrons. The van der Waals surface area contributed by atoms with Crippen molar-refractivity contribution in [2.45, 2.75) is 26.7 Å². The van der Waals surface area contributed by atoms with Crippen LogP contribution in [0.4, 0.5) is 5.82 Å². The Balaban J connectivity index is 1.70. The van der Waals surface area contributed by atoms with E-state index >= 15 is 0 Å². The molecule has 3 aromatic rings. The normalized spacial score (nSPS) is 11.4. The average molecular weight is 384 g/mol. The third-order valence-electron chi connectivity index (χ3n) is 3.70. The zero-order valence-corrected chi connectivity index (χ0v) is 15.5. The SMILES string of the molecule is CCCc1c(C(=O)N/N=C(/C)COc2ccccc2)nnn1-c1nonc1N. The fraction of sp³-hybridized carbons (Fsp3) is 0.294. The summed E-state index contributed by atoms with van der Waals surface area (Å²) in [5.41, 5.74) is 9.44. The van der Waals surface area contributed by atoms with Gasteiger partial charge in [0, 0.05) is 0 Å². The summed E-state index contributed by atoms with van der Waals surface area (Å²) in [5.74, 6) is 0.464. The fourth-order valence-corrected chi connectivity index (χ4v) is 2.38. The van der Waals surface area contributed by atoms with Crippen LogP contribution in [0.1, 0.15) is 36.5 Å². The summed E-state index contributed by atoms with van der Waals surface area (Å²) >= 11 is 0. The molecule has 0 saturated heterocycles. The molecule has 0 bridgehead atoms. The maximum absolute atomic E-state index is 12.5. The Hall–Kier alpha value is -3.76. The van der Waals surface area contributed by atoms with Crippen LogP contribution in [0.2, 0.25) is 0 Å². The molecule has 0 aliphatic carbocycles. The first-order valence-corrected chi connectivity index (χ1v) is 8.64. The Morgan fingerprint density at radius 3 is 2.79 bits per heavy atom. The van der Waals surface area contributed by atoms with Crippen molar-refractivity contribution in [3.63, 3.8) is 0 Å². The van der Waals surface area contributed by atoms with Gasteiger partial charge in [0.15, 0.2) is 5.69 Å². The number of hydrazone groups is 1. The molecule has 0 radical (unpaired) electrons. The molecule has 0 aliphatic heterocycles. The van der Waals surface area contributed by atoms with Gasteiger partial charge in [0.25, 0.3) is 5.91 Å². The number of aromatic nitrogens is 5. The van der Waals surface area contributed by atoms with Crippen LogP contribution >= 0.6 is 0 Å². The van der Waals surface area contributed by atoms with Gasteiger partial charge >= 0.3 is 0 Å². The molecule has 0 saturated carbocycles. The number of benzene rings is 1. The number of nitrogens with one attached hydrogen (secondary N) is 1. The van der Waals surface area contributed by atoms with E-state index in [1.54, 1.807) is 6.92 Å². The predicted octanol–water partition coefficient (Wildman–Crippen LogP) is 1.37. The second-order valence-corrected chi connectivity index (χ2v) is 5.91. The highest BCUT2D eigenvalue weighted by Gasteiger charge is 2.23. The Kier molecular flexibility index (Phi) is 5.94. The van der Waals surface area contributed by atoms with Crippen molar-refractivity contribution in [1.82, 2.24) is 30.7 Å². The first kappa shape index (κ1) is 19.0. The molecule has 1 aromatic carbocycles. The third-order valence-corrected chi connectivity index (χ3v) is 3.70. The van der Waals surface area contributed by atoms with Crippen molar-refractivity contribution in [2.24, 2.45) is 5.10 Å². The molecule has 0 fully saturated rings. The van der Waals surface area contributed by atoms with Gasteiger partial charge in [-0.05, 0) is 35.8 Å². The number of nitrogen functional groups attached to an aromatic ring is 1. The topological polar surface area (TPSA) is 146 Å². The summed E-state index contributed by atoms with van der Waals surface area (Å²) in [6, 6.07) is 9.33. The number of anilines is 1. The van der Waals surface area contributed by atoms with Crippen molar-refractivity contribution in [2.75, 3.05) is 12.3 Å². The van der Waals surface area contributed by atoms with Crippen LogP contribution in [0.3, 0.4) is 0 Å². The van der Waals surface area contributed by atoms with Gasteiger partial charge in [0.05, 0.1) is 11.4 Å². The number of nitrogens with two attached hydrogens (primary N) is 1. The number of rotatable bonds is 8. The fourth-order valence-electron chi connectivity index (χ4n) is 2.38. The second kappa shape index (κ2) is 8.75. The molecule has 0 spiro atoms. The summed E-state index contributed by atoms with van der Waals surface area (Å²) in [6.45, 7) is 3.95. The molecular formula is C17H20N8O3. The van der Waals surface area contributed by atoms with Crippen LogP contribution in [0.5, 0.6) is 5.75 Å². The van der Waals surface area contributed by atoms with Crippen LogP contribution in [0.15, 0.2) is 40.1 Å². The lowest BCUT2D eigenvalue weighted by Crippen LogP contribution is -2.23. The smallest absolute Gasteiger partial charge is 0.293 e. The molecule has 1 amide bonds. The molecule has 0 unspecified atom stereocenters. The minimum absolute atomic E-state index is 0.0566. The number of nitrogens with zero attached hydrogens (tertiary/aromatic N) is 6. The van der Waals surface area contributed by atoms with Crippen molar-refractivity contribution in [3.05, 3.63) is 41.7 Å². The monoisotopic (exact) mass is 384 g/mol. The molecule has 3 N–H and O–H groups in total. The maximum Gasteiger partial charge on any atom is 0.293 e. The first-order valence-electron chi connectivity index (χ1n) is 8.64. The zero-order valence-electron chi connectivity index (χ0n) is 15.5. The lowest BCUT2D eigenvalue weighted by molar-refractivity contribution is 0.0948. The Morgan fingerprint density at radius 2 is 2.11 bits per heavy atom. The van der Waals surface area contributed by atoms with Gasteiger partial charge in [-0.1, -0.05) is 36.8 Å². The van der Waals surface area contributed by atoms with E-state index in [4.69, 9.17) is 10.5 Å². The third kappa shape index (κ3) is 4.31. The molecule has 11 nitrogen and oxygen atoms in total. The van der Waals surface area contributed by atoms with E-state index in [9.17, 15) is 4.79 Å². The van der Waals surface area contributed by atoms with Crippen LogP contribution in [0, 0.1) is 0 Å². The standard InChI is InChI=1S/C17H20N8O3/c1-3-7-13-14(20-24-25(13)16-15(18)22-28-23-16)17(26)21-19-11(2)10-27-12-8-5-4-6-9-12/h4-6,8-9H,3,7,10H2,1-2H3,(H2,18,22)(H,21,26)/b19-11-. The second-order valence-electron chi connectivity index (χ2n) is 5.91. The number of ether oxygens (including phenoxy) is 1. The van der Waals surface area contributed by atoms with Crippen LogP contribution < -0.4 is 15.9 Å². The highest BCUT2D eigenvalue weighted by atomic mass is 16.6. The lowest BCUT2D eigenvalue weighted by atomic mass is 10.2. The zero-order chi connectivity index (χ0) is 19.9. The van der Waals surface area contributed by atoms with Crippen molar-refractivity contribution in [1.29, 1.82) is 0 Å². The molecule has 11 heteroatoms. The van der Waals surface area contributed by atoms with Gasteiger partial charge in [0.1, 0.15) is 12.4 Å². The number of carbonyl (C=O) groups is 1. The van der Waals surface area contributed by atoms with Crippen LogP contribution in [0.25, 0.3) is 5.82 Å². The summed E-state index contributed by atoms with van der Waals surface area (Å²) in [5, 5.41) is 19.2. The van der Waals surface area contributed by atoms with E-state index in [1.807, 2.05) is 37.3 Å². The summed E-state index contributed by atoms with van der Waals surface area (Å²) in [4.78, 5) is 12.5. The highest BCUT2D eigenvalue weighted by molar-refractivity contribution is 5.94. The highest BCUT2D eigenvalue weighted by Crippen LogP contribution is 2.17. The summed E-state index contributed by atoms with van der Waals surface area (Å²) < 4.78 is 11.5. The average Bonchev–Trinajstić information content (AvgIpc) is 3.31. The molecule has 3 rings (SSSR count). The number of amides is 1. The van der Waals surface area contributed by atoms with Crippen molar-refractivity contribution in [3.8, 4) is 11.6 Å². The maximum atomic E-state index is 12.5. The number of hydrogen-bond acceptors (Lipinski definition) is 9. The van der Waals surface area contributed by atoms with Crippen LogP contribution in [-0.4, -0.2) is 43.5 Å². The molecule has 28 heavy (non-hydrogen) atoms. The van der Waals surface area contributed by atoms with E-state index < -0.39 is 5.91 Å². The van der Waals surface area contributed by atoms with Gasteiger partial charge in [-0.25, -0.2) is 10.1 Å². The van der Waals surface area contributed by atoms with Gasteiger partial charge in [0.2, 0.25) is 11.6 Å². The summed E-state index contributed by atoms with van der Waals surface area (Å²) in [6.07, 6.45) is 1.29. The van der Waals surface area contributed by atoms with E-state index in [0.29, 0.717) is 17.8 Å². The number of hydrogen-bond donors (Lipinski definition) is 2. The minimum atomic E-state index is -0.496. The van der Waals surface area contributed by atoms with E-state index in [2.05, 4.69) is 35.8 Å². The number of carbonyl (C=O) groups excluding carboxylic acids is 1. The largest absolute Gasteiger partial charge is 0.488 e. The number of para-hydroxylation sites is 1. The van der Waals surface area contributed by atoms with E-state index in [0.717, 1.165) is 12.2 Å². The molecule has 2 heterocycles. The van der Waals surface area contributed by atoms with Gasteiger partial charge in [-0.2, -0.15) is 9.78 Å². The Morgan fingerprint density at radius 1 is 1.32 bits per heavy atom. The molecular weight excluding hydrogens is 364 g/mol. The van der Waals surface area contributed by atoms with Gasteiger partial charge < -0.3 is 10.5 Å². The van der Waals surface area contributed by atoms with Gasteiger partial charge in [-0.3, -0.25) is 4.79 Å². The Labute approximate surface area is 160 Å². The van der Waals surface area contributed by atoms with Gasteiger partial charge in [-0.15, -0.1) is 5.10 Å². The first-order chi connectivity index (χ1) is 13.6. The minimum Gasteiger partial charge on any atom is -0.488 e. The van der Waals surface area contributed by atoms with Crippen molar-refractivity contribution >= 4 is 17.4 Å². The molecule has 0 aliphatic rings.